The summed E-state index contributed by atoms with van der Waals surface area (Å²) in [5, 5.41) is 13.2. The second kappa shape index (κ2) is 7.59. The van der Waals surface area contributed by atoms with Gasteiger partial charge in [-0.1, -0.05) is 37.6 Å². The quantitative estimate of drug-likeness (QED) is 0.772. The molecule has 0 aliphatic rings. The average Bonchev–Trinajstić information content (AvgIpc) is 2.52. The van der Waals surface area contributed by atoms with Crippen molar-refractivity contribution >= 4 is 17.5 Å². The number of H-pyrrole nitrogens is 1. The molecule has 0 saturated carbocycles. The molecule has 0 saturated heterocycles. The lowest BCUT2D eigenvalue weighted by Crippen LogP contribution is -2.34. The number of halogens is 1. The van der Waals surface area contributed by atoms with Crippen LogP contribution in [0.4, 0.5) is 0 Å². The van der Waals surface area contributed by atoms with Gasteiger partial charge in [0.25, 0.3) is 11.5 Å². The van der Waals surface area contributed by atoms with Crippen LogP contribution in [-0.4, -0.2) is 27.5 Å². The molecule has 6 nitrogen and oxygen atoms in total. The number of aliphatic hydroxyl groups excluding tert-OH is 1. The lowest BCUT2D eigenvalue weighted by atomic mass is 10.1. The third kappa shape index (κ3) is 4.21. The Labute approximate surface area is 144 Å². The Morgan fingerprint density at radius 1 is 1.33 bits per heavy atom. The minimum atomic E-state index is -0.895. The molecular formula is C17H20ClN3O3. The Bertz CT molecular complexity index is 785. The lowest BCUT2D eigenvalue weighted by Gasteiger charge is -2.13. The van der Waals surface area contributed by atoms with E-state index in [4.69, 9.17) is 11.6 Å². The van der Waals surface area contributed by atoms with Gasteiger partial charge in [0.2, 0.25) is 0 Å². The van der Waals surface area contributed by atoms with Crippen LogP contribution in [0.15, 0.2) is 29.1 Å². The third-order valence-electron chi connectivity index (χ3n) is 3.60. The molecule has 128 valence electrons. The zero-order valence-electron chi connectivity index (χ0n) is 13.8. The second-order valence-electron chi connectivity index (χ2n) is 5.84. The predicted molar refractivity (Wildman–Crippen MR) is 92.4 cm³/mol. The first-order valence-corrected chi connectivity index (χ1v) is 8.00. The zero-order valence-corrected chi connectivity index (χ0v) is 14.5. The van der Waals surface area contributed by atoms with Crippen LogP contribution in [0.5, 0.6) is 0 Å². The van der Waals surface area contributed by atoms with Crippen molar-refractivity contribution in [3.05, 3.63) is 62.3 Å². The summed E-state index contributed by atoms with van der Waals surface area (Å²) in [5.41, 5.74) is 0.465. The summed E-state index contributed by atoms with van der Waals surface area (Å²) >= 11 is 5.80. The second-order valence-corrected chi connectivity index (χ2v) is 6.28. The first-order chi connectivity index (χ1) is 11.3. The molecular weight excluding hydrogens is 330 g/mol. The Kier molecular flexibility index (Phi) is 5.75. The summed E-state index contributed by atoms with van der Waals surface area (Å²) in [6.07, 6.45) is -0.895. The number of aromatic nitrogens is 2. The summed E-state index contributed by atoms with van der Waals surface area (Å²) in [6, 6.07) is 6.67. The van der Waals surface area contributed by atoms with Gasteiger partial charge in [-0.15, -0.1) is 0 Å². The summed E-state index contributed by atoms with van der Waals surface area (Å²) in [4.78, 5) is 31.3. The van der Waals surface area contributed by atoms with Gasteiger partial charge >= 0.3 is 0 Å². The number of hydrogen-bond donors (Lipinski definition) is 3. The summed E-state index contributed by atoms with van der Waals surface area (Å²) in [5.74, 6) is 0.0278. The summed E-state index contributed by atoms with van der Waals surface area (Å²) < 4.78 is 0. The van der Waals surface area contributed by atoms with E-state index in [1.54, 1.807) is 31.2 Å². The van der Waals surface area contributed by atoms with Crippen LogP contribution in [-0.2, 0) is 0 Å². The maximum atomic E-state index is 12.3. The number of benzene rings is 1. The highest BCUT2D eigenvalue weighted by Crippen LogP contribution is 2.16. The number of carbonyl (C=O) groups excluding carboxylic acids is 1. The predicted octanol–water partition coefficient (Wildman–Crippen LogP) is 2.32. The van der Waals surface area contributed by atoms with E-state index in [9.17, 15) is 14.7 Å². The van der Waals surface area contributed by atoms with E-state index in [1.807, 2.05) is 13.8 Å². The third-order valence-corrected chi connectivity index (χ3v) is 3.86. The van der Waals surface area contributed by atoms with Crippen molar-refractivity contribution < 1.29 is 9.90 Å². The van der Waals surface area contributed by atoms with Crippen LogP contribution in [0.3, 0.4) is 0 Å². The lowest BCUT2D eigenvalue weighted by molar-refractivity contribution is 0.0913. The van der Waals surface area contributed by atoms with Gasteiger partial charge in [-0.25, -0.2) is 4.98 Å². The molecule has 0 radical (unpaired) electrons. The molecule has 0 fully saturated rings. The molecule has 1 heterocycles. The van der Waals surface area contributed by atoms with Crippen molar-refractivity contribution in [2.45, 2.75) is 32.8 Å². The number of aryl methyl sites for hydroxylation is 1. The first kappa shape index (κ1) is 18.2. The fourth-order valence-electron chi connectivity index (χ4n) is 2.23. The van der Waals surface area contributed by atoms with Gasteiger partial charge in [0.1, 0.15) is 11.4 Å². The fourth-order valence-corrected chi connectivity index (χ4v) is 2.36. The number of aromatic amines is 1. The Balaban J connectivity index is 2.10. The molecule has 1 aromatic carbocycles. The van der Waals surface area contributed by atoms with E-state index < -0.39 is 17.6 Å². The summed E-state index contributed by atoms with van der Waals surface area (Å²) in [6.45, 7) is 5.40. The normalized spacial score (nSPS) is 12.2. The van der Waals surface area contributed by atoms with Crippen LogP contribution in [0, 0.1) is 6.92 Å². The number of carbonyl (C=O) groups is 1. The first-order valence-electron chi connectivity index (χ1n) is 7.62. The van der Waals surface area contributed by atoms with Gasteiger partial charge in [-0.05, 0) is 24.6 Å². The maximum absolute atomic E-state index is 12.3. The molecule has 1 atom stereocenters. The van der Waals surface area contributed by atoms with Gasteiger partial charge in [0.05, 0.1) is 11.8 Å². The molecule has 2 rings (SSSR count). The number of rotatable bonds is 5. The van der Waals surface area contributed by atoms with E-state index >= 15 is 0 Å². The standard InChI is InChI=1S/C17H20ClN3O3/c1-9(2)15-20-10(3)14(17(24)21-15)16(23)19-8-13(22)11-4-6-12(18)7-5-11/h4-7,9,13,22H,8H2,1-3H3,(H,19,23)(H,20,21,24). The van der Waals surface area contributed by atoms with E-state index in [0.717, 1.165) is 0 Å². The van der Waals surface area contributed by atoms with Crippen molar-refractivity contribution in [3.63, 3.8) is 0 Å². The SMILES string of the molecule is Cc1nc(C(C)C)[nH]c(=O)c1C(=O)NCC(O)c1ccc(Cl)cc1. The van der Waals surface area contributed by atoms with E-state index in [2.05, 4.69) is 15.3 Å². The van der Waals surface area contributed by atoms with Gasteiger partial charge in [0.15, 0.2) is 0 Å². The highest BCUT2D eigenvalue weighted by molar-refractivity contribution is 6.30. The molecule has 0 aliphatic heterocycles. The zero-order chi connectivity index (χ0) is 17.9. The van der Waals surface area contributed by atoms with E-state index in [1.165, 1.54) is 0 Å². The van der Waals surface area contributed by atoms with Crippen molar-refractivity contribution in [1.29, 1.82) is 0 Å². The smallest absolute Gasteiger partial charge is 0.264 e. The van der Waals surface area contributed by atoms with Crippen LogP contribution in [0.25, 0.3) is 0 Å². The van der Waals surface area contributed by atoms with Crippen LogP contribution >= 0.6 is 11.6 Å². The molecule has 1 amide bonds. The number of hydrogen-bond acceptors (Lipinski definition) is 4. The number of nitrogens with zero attached hydrogens (tertiary/aromatic N) is 1. The molecule has 0 spiro atoms. The van der Waals surface area contributed by atoms with E-state index in [0.29, 0.717) is 22.1 Å². The summed E-state index contributed by atoms with van der Waals surface area (Å²) in [7, 11) is 0. The molecule has 0 aliphatic carbocycles. The van der Waals surface area contributed by atoms with E-state index in [-0.39, 0.29) is 18.0 Å². The van der Waals surface area contributed by atoms with Gasteiger partial charge < -0.3 is 15.4 Å². The fraction of sp³-hybridized carbons (Fsp3) is 0.353. The average molecular weight is 350 g/mol. The molecule has 7 heteroatoms. The van der Waals surface area contributed by atoms with Crippen molar-refractivity contribution in [3.8, 4) is 0 Å². The molecule has 24 heavy (non-hydrogen) atoms. The Morgan fingerprint density at radius 2 is 1.96 bits per heavy atom. The van der Waals surface area contributed by atoms with Crippen molar-refractivity contribution in [2.24, 2.45) is 0 Å². The largest absolute Gasteiger partial charge is 0.387 e. The van der Waals surface area contributed by atoms with Crippen molar-refractivity contribution in [1.82, 2.24) is 15.3 Å². The molecule has 1 aromatic heterocycles. The number of aliphatic hydroxyl groups is 1. The minimum Gasteiger partial charge on any atom is -0.387 e. The molecule has 3 N–H and O–H groups in total. The number of nitrogens with one attached hydrogen (secondary N) is 2. The van der Waals surface area contributed by atoms with Crippen LogP contribution in [0.2, 0.25) is 5.02 Å². The Morgan fingerprint density at radius 3 is 2.50 bits per heavy atom. The highest BCUT2D eigenvalue weighted by Gasteiger charge is 2.18. The molecule has 2 aromatic rings. The van der Waals surface area contributed by atoms with Gasteiger partial charge in [0, 0.05) is 17.5 Å². The maximum Gasteiger partial charge on any atom is 0.264 e. The minimum absolute atomic E-state index is 0.0225. The van der Waals surface area contributed by atoms with Gasteiger partial charge in [-0.3, -0.25) is 9.59 Å². The monoisotopic (exact) mass is 349 g/mol. The number of amides is 1. The molecule has 1 unspecified atom stereocenters. The van der Waals surface area contributed by atoms with Crippen LogP contribution in [0.1, 0.15) is 53.3 Å². The topological polar surface area (TPSA) is 95.1 Å². The highest BCUT2D eigenvalue weighted by atomic mass is 35.5. The Hall–Kier alpha value is -2.18. The van der Waals surface area contributed by atoms with Gasteiger partial charge in [-0.2, -0.15) is 0 Å². The van der Waals surface area contributed by atoms with Crippen LogP contribution < -0.4 is 10.9 Å². The molecule has 0 bridgehead atoms. The van der Waals surface area contributed by atoms with Crippen molar-refractivity contribution in [2.75, 3.05) is 6.54 Å².